The maximum absolute atomic E-state index is 11.9. The highest BCUT2D eigenvalue weighted by atomic mass is 16.4. The standard InChI is InChI=1S/C15H22N2O3/c1-15(2,7-6-13(18)19)8-9-17-14(20)11-4-3-5-12(16)10-11/h3-5,10H,6-9,16H2,1-2H3,(H,17,20)(H,18,19). The quantitative estimate of drug-likeness (QED) is 0.667. The Kier molecular flexibility index (Phi) is 5.55. The molecule has 0 aliphatic carbocycles. The molecule has 1 rings (SSSR count). The number of benzene rings is 1. The zero-order valence-corrected chi connectivity index (χ0v) is 12.0. The number of nitrogen functional groups attached to an aromatic ring is 1. The number of carbonyl (C=O) groups excluding carboxylic acids is 1. The van der Waals surface area contributed by atoms with Gasteiger partial charge in [0.15, 0.2) is 0 Å². The Morgan fingerprint density at radius 3 is 2.60 bits per heavy atom. The van der Waals surface area contributed by atoms with Crippen LogP contribution in [0.1, 0.15) is 43.5 Å². The van der Waals surface area contributed by atoms with Gasteiger partial charge in [0.05, 0.1) is 0 Å². The Hall–Kier alpha value is -2.04. The molecule has 0 atom stereocenters. The van der Waals surface area contributed by atoms with Gasteiger partial charge < -0.3 is 16.2 Å². The molecule has 5 heteroatoms. The topological polar surface area (TPSA) is 92.4 Å². The SMILES string of the molecule is CC(C)(CCNC(=O)c1cccc(N)c1)CCC(=O)O. The van der Waals surface area contributed by atoms with Gasteiger partial charge in [-0.05, 0) is 36.5 Å². The molecule has 1 amide bonds. The Balaban J connectivity index is 2.40. The summed E-state index contributed by atoms with van der Waals surface area (Å²) < 4.78 is 0. The lowest BCUT2D eigenvalue weighted by atomic mass is 9.84. The highest BCUT2D eigenvalue weighted by Gasteiger charge is 2.19. The summed E-state index contributed by atoms with van der Waals surface area (Å²) in [5.41, 5.74) is 6.61. The van der Waals surface area contributed by atoms with Crippen molar-refractivity contribution in [1.29, 1.82) is 0 Å². The zero-order valence-electron chi connectivity index (χ0n) is 12.0. The summed E-state index contributed by atoms with van der Waals surface area (Å²) in [7, 11) is 0. The van der Waals surface area contributed by atoms with Crippen molar-refractivity contribution in [3.8, 4) is 0 Å². The van der Waals surface area contributed by atoms with Gasteiger partial charge in [0.25, 0.3) is 5.91 Å². The molecule has 0 aliphatic heterocycles. The molecule has 0 heterocycles. The molecule has 0 radical (unpaired) electrons. The van der Waals surface area contributed by atoms with Gasteiger partial charge in [-0.2, -0.15) is 0 Å². The molecule has 0 saturated carbocycles. The van der Waals surface area contributed by atoms with E-state index in [0.29, 0.717) is 24.2 Å². The van der Waals surface area contributed by atoms with E-state index in [1.165, 1.54) is 0 Å². The first kappa shape index (κ1) is 16.0. The number of rotatable bonds is 7. The normalized spacial score (nSPS) is 11.1. The number of carboxylic acid groups (broad SMARTS) is 1. The van der Waals surface area contributed by atoms with Gasteiger partial charge in [0.1, 0.15) is 0 Å². The first-order chi connectivity index (χ1) is 9.30. The average Bonchev–Trinajstić information content (AvgIpc) is 2.36. The molecule has 0 bridgehead atoms. The summed E-state index contributed by atoms with van der Waals surface area (Å²) in [5, 5.41) is 11.5. The van der Waals surface area contributed by atoms with Crippen molar-refractivity contribution in [1.82, 2.24) is 5.32 Å². The largest absolute Gasteiger partial charge is 0.481 e. The summed E-state index contributed by atoms with van der Waals surface area (Å²) in [4.78, 5) is 22.5. The van der Waals surface area contributed by atoms with Gasteiger partial charge in [-0.25, -0.2) is 0 Å². The third kappa shape index (κ3) is 5.73. The van der Waals surface area contributed by atoms with Crippen LogP contribution in [0.3, 0.4) is 0 Å². The van der Waals surface area contributed by atoms with Crippen LogP contribution in [-0.4, -0.2) is 23.5 Å². The minimum atomic E-state index is -0.790. The summed E-state index contributed by atoms with van der Waals surface area (Å²) in [6.45, 7) is 4.52. The van der Waals surface area contributed by atoms with E-state index in [-0.39, 0.29) is 17.7 Å². The van der Waals surface area contributed by atoms with Gasteiger partial charge >= 0.3 is 5.97 Å². The van der Waals surface area contributed by atoms with Crippen molar-refractivity contribution in [3.05, 3.63) is 29.8 Å². The lowest BCUT2D eigenvalue weighted by Gasteiger charge is -2.23. The highest BCUT2D eigenvalue weighted by molar-refractivity contribution is 5.94. The van der Waals surface area contributed by atoms with Gasteiger partial charge in [0, 0.05) is 24.2 Å². The number of carbonyl (C=O) groups is 2. The molecular formula is C15H22N2O3. The number of anilines is 1. The second-order valence-corrected chi connectivity index (χ2v) is 5.69. The second kappa shape index (κ2) is 6.93. The van der Waals surface area contributed by atoms with Gasteiger partial charge in [-0.15, -0.1) is 0 Å². The predicted molar refractivity (Wildman–Crippen MR) is 78.5 cm³/mol. The Morgan fingerprint density at radius 1 is 1.30 bits per heavy atom. The van der Waals surface area contributed by atoms with Crippen molar-refractivity contribution >= 4 is 17.6 Å². The number of aliphatic carboxylic acids is 1. The first-order valence-corrected chi connectivity index (χ1v) is 6.66. The molecular weight excluding hydrogens is 256 g/mol. The molecule has 0 spiro atoms. The van der Waals surface area contributed by atoms with Crippen molar-refractivity contribution in [3.63, 3.8) is 0 Å². The van der Waals surface area contributed by atoms with E-state index < -0.39 is 5.97 Å². The highest BCUT2D eigenvalue weighted by Crippen LogP contribution is 2.26. The number of nitrogens with two attached hydrogens (primary N) is 1. The fourth-order valence-corrected chi connectivity index (χ4v) is 1.87. The molecule has 1 aromatic carbocycles. The molecule has 0 aromatic heterocycles. The van der Waals surface area contributed by atoms with Crippen LogP contribution >= 0.6 is 0 Å². The summed E-state index contributed by atoms with van der Waals surface area (Å²) in [6, 6.07) is 6.80. The number of hydrogen-bond donors (Lipinski definition) is 3. The monoisotopic (exact) mass is 278 g/mol. The number of amides is 1. The fourth-order valence-electron chi connectivity index (χ4n) is 1.87. The average molecular weight is 278 g/mol. The predicted octanol–water partition coefficient (Wildman–Crippen LogP) is 2.28. The Labute approximate surface area is 119 Å². The van der Waals surface area contributed by atoms with Crippen LogP contribution in [0.4, 0.5) is 5.69 Å². The van der Waals surface area contributed by atoms with Crippen molar-refractivity contribution in [2.24, 2.45) is 5.41 Å². The maximum atomic E-state index is 11.9. The van der Waals surface area contributed by atoms with E-state index >= 15 is 0 Å². The minimum absolute atomic E-state index is 0.110. The van der Waals surface area contributed by atoms with Crippen LogP contribution in [0.5, 0.6) is 0 Å². The van der Waals surface area contributed by atoms with Crippen LogP contribution in [-0.2, 0) is 4.79 Å². The lowest BCUT2D eigenvalue weighted by Crippen LogP contribution is -2.28. The summed E-state index contributed by atoms with van der Waals surface area (Å²) >= 11 is 0. The third-order valence-electron chi connectivity index (χ3n) is 3.25. The van der Waals surface area contributed by atoms with E-state index in [1.807, 2.05) is 13.8 Å². The van der Waals surface area contributed by atoms with Crippen LogP contribution < -0.4 is 11.1 Å². The molecule has 1 aromatic rings. The van der Waals surface area contributed by atoms with Crippen molar-refractivity contribution in [2.75, 3.05) is 12.3 Å². The molecule has 0 aliphatic rings. The second-order valence-electron chi connectivity index (χ2n) is 5.69. The molecule has 110 valence electrons. The molecule has 0 fully saturated rings. The maximum Gasteiger partial charge on any atom is 0.303 e. The van der Waals surface area contributed by atoms with E-state index in [0.717, 1.165) is 6.42 Å². The third-order valence-corrected chi connectivity index (χ3v) is 3.25. The molecule has 0 unspecified atom stereocenters. The smallest absolute Gasteiger partial charge is 0.303 e. The van der Waals surface area contributed by atoms with E-state index in [9.17, 15) is 9.59 Å². The molecule has 0 saturated heterocycles. The first-order valence-electron chi connectivity index (χ1n) is 6.66. The van der Waals surface area contributed by atoms with E-state index in [4.69, 9.17) is 10.8 Å². The van der Waals surface area contributed by atoms with Crippen LogP contribution in [0.2, 0.25) is 0 Å². The van der Waals surface area contributed by atoms with Gasteiger partial charge in [-0.1, -0.05) is 19.9 Å². The zero-order chi connectivity index (χ0) is 15.2. The van der Waals surface area contributed by atoms with Crippen LogP contribution in [0, 0.1) is 5.41 Å². The number of nitrogens with one attached hydrogen (secondary N) is 1. The van der Waals surface area contributed by atoms with Gasteiger partial charge in [0.2, 0.25) is 0 Å². The van der Waals surface area contributed by atoms with Crippen molar-refractivity contribution in [2.45, 2.75) is 33.1 Å². The van der Waals surface area contributed by atoms with E-state index in [2.05, 4.69) is 5.32 Å². The lowest BCUT2D eigenvalue weighted by molar-refractivity contribution is -0.137. The Morgan fingerprint density at radius 2 is 2.00 bits per heavy atom. The summed E-state index contributed by atoms with van der Waals surface area (Å²) in [5.74, 6) is -0.951. The number of hydrogen-bond acceptors (Lipinski definition) is 3. The van der Waals surface area contributed by atoms with E-state index in [1.54, 1.807) is 24.3 Å². The van der Waals surface area contributed by atoms with Crippen molar-refractivity contribution < 1.29 is 14.7 Å². The van der Waals surface area contributed by atoms with Crippen LogP contribution in [0.15, 0.2) is 24.3 Å². The molecule has 5 nitrogen and oxygen atoms in total. The van der Waals surface area contributed by atoms with Crippen LogP contribution in [0.25, 0.3) is 0 Å². The molecule has 4 N–H and O–H groups in total. The minimum Gasteiger partial charge on any atom is -0.481 e. The summed E-state index contributed by atoms with van der Waals surface area (Å²) in [6.07, 6.45) is 1.47. The fraction of sp³-hybridized carbons (Fsp3) is 0.467. The number of carboxylic acids is 1. The molecule has 20 heavy (non-hydrogen) atoms. The van der Waals surface area contributed by atoms with Gasteiger partial charge in [-0.3, -0.25) is 9.59 Å². The Bertz CT molecular complexity index is 484.